The molecule has 0 aliphatic carbocycles. The number of carbonyl (C=O) groups is 1. The molecule has 3 nitrogen and oxygen atoms in total. The topological polar surface area (TPSA) is 33.2 Å². The predicted molar refractivity (Wildman–Crippen MR) is 60.3 cm³/mol. The second-order valence-electron chi connectivity index (χ2n) is 4.49. The molecule has 2 rings (SSSR count). The second-order valence-corrected chi connectivity index (χ2v) is 4.88. The van der Waals surface area contributed by atoms with Crippen molar-refractivity contribution in [2.24, 2.45) is 0 Å². The van der Waals surface area contributed by atoms with Gasteiger partial charge in [0.15, 0.2) is 0 Å². The molecule has 0 fully saturated rings. The van der Waals surface area contributed by atoms with Crippen LogP contribution in [0.15, 0.2) is 12.1 Å². The normalized spacial score (nSPS) is 17.7. The number of hydrogen-bond donors (Lipinski definition) is 0. The summed E-state index contributed by atoms with van der Waals surface area (Å²) in [6, 6.07) is 3.72. The van der Waals surface area contributed by atoms with E-state index in [0.29, 0.717) is 17.5 Å². The van der Waals surface area contributed by atoms with Crippen LogP contribution >= 0.6 is 11.6 Å². The number of anilines is 1. The molecule has 0 radical (unpaired) electrons. The summed E-state index contributed by atoms with van der Waals surface area (Å²) in [5, 5.41) is 0.428. The summed E-state index contributed by atoms with van der Waals surface area (Å²) in [5.41, 5.74) is 1.04. The van der Waals surface area contributed by atoms with Crippen LogP contribution in [0.4, 0.5) is 5.82 Å². The summed E-state index contributed by atoms with van der Waals surface area (Å²) in [7, 11) is 0. The van der Waals surface area contributed by atoms with Crippen molar-refractivity contribution in [3.05, 3.63) is 22.8 Å². The maximum absolute atomic E-state index is 11.5. The molecule has 0 saturated heterocycles. The van der Waals surface area contributed by atoms with Crippen LogP contribution in [0, 0.1) is 0 Å². The van der Waals surface area contributed by atoms with Crippen molar-refractivity contribution in [1.82, 2.24) is 4.98 Å². The minimum Gasteiger partial charge on any atom is -0.296 e. The fraction of sp³-hybridized carbons (Fsp3) is 0.455. The van der Waals surface area contributed by atoms with Crippen molar-refractivity contribution in [1.29, 1.82) is 0 Å². The average Bonchev–Trinajstić information content (AvgIpc) is 2.38. The minimum absolute atomic E-state index is 0.0107. The van der Waals surface area contributed by atoms with Crippen molar-refractivity contribution in [2.45, 2.75) is 26.2 Å². The van der Waals surface area contributed by atoms with E-state index in [0.717, 1.165) is 5.56 Å². The quantitative estimate of drug-likeness (QED) is 0.634. The molecule has 80 valence electrons. The van der Waals surface area contributed by atoms with E-state index >= 15 is 0 Å². The number of carbonyl (C=O) groups excluding carboxylic acids is 1. The molecule has 2 heterocycles. The Kier molecular flexibility index (Phi) is 2.23. The minimum atomic E-state index is -0.0431. The molecule has 15 heavy (non-hydrogen) atoms. The van der Waals surface area contributed by atoms with E-state index in [-0.39, 0.29) is 11.3 Å². The molecule has 0 spiro atoms. The van der Waals surface area contributed by atoms with Gasteiger partial charge in [-0.05, 0) is 6.07 Å². The number of aromatic nitrogens is 1. The molecule has 1 aromatic rings. The molecule has 0 atom stereocenters. The van der Waals surface area contributed by atoms with Crippen LogP contribution in [0.25, 0.3) is 0 Å². The van der Waals surface area contributed by atoms with Gasteiger partial charge < -0.3 is 0 Å². The number of amides is 1. The van der Waals surface area contributed by atoms with E-state index in [9.17, 15) is 4.79 Å². The van der Waals surface area contributed by atoms with Gasteiger partial charge >= 0.3 is 0 Å². The fourth-order valence-corrected chi connectivity index (χ4v) is 2.12. The summed E-state index contributed by atoms with van der Waals surface area (Å²) < 4.78 is 0. The first-order valence-corrected chi connectivity index (χ1v) is 5.25. The van der Waals surface area contributed by atoms with Gasteiger partial charge in [0.2, 0.25) is 5.91 Å². The Morgan fingerprint density at radius 3 is 2.80 bits per heavy atom. The second kappa shape index (κ2) is 3.20. The van der Waals surface area contributed by atoms with Crippen LogP contribution in [0.3, 0.4) is 0 Å². The van der Waals surface area contributed by atoms with Crippen LogP contribution in [0.1, 0.15) is 26.3 Å². The van der Waals surface area contributed by atoms with Gasteiger partial charge in [0.1, 0.15) is 11.0 Å². The summed E-state index contributed by atoms with van der Waals surface area (Å²) >= 11 is 5.84. The van der Waals surface area contributed by atoms with E-state index in [1.807, 2.05) is 6.07 Å². The zero-order chi connectivity index (χ0) is 11.2. The SMILES string of the molecule is CC(=O)N1CC(C)(C)c2ccc(Cl)nc21. The van der Waals surface area contributed by atoms with Crippen molar-refractivity contribution >= 4 is 23.3 Å². The highest BCUT2D eigenvalue weighted by Gasteiger charge is 2.37. The summed E-state index contributed by atoms with van der Waals surface area (Å²) in [6.45, 7) is 6.42. The Balaban J connectivity index is 2.58. The van der Waals surface area contributed by atoms with Gasteiger partial charge in [-0.3, -0.25) is 9.69 Å². The first-order valence-electron chi connectivity index (χ1n) is 4.87. The number of halogens is 1. The Morgan fingerprint density at radius 2 is 2.20 bits per heavy atom. The third-order valence-electron chi connectivity index (χ3n) is 2.76. The largest absolute Gasteiger partial charge is 0.296 e. The highest BCUT2D eigenvalue weighted by Crippen LogP contribution is 2.39. The van der Waals surface area contributed by atoms with Crippen molar-refractivity contribution in [2.75, 3.05) is 11.4 Å². The van der Waals surface area contributed by atoms with E-state index in [2.05, 4.69) is 18.8 Å². The van der Waals surface area contributed by atoms with Crippen molar-refractivity contribution in [3.8, 4) is 0 Å². The molecule has 1 aromatic heterocycles. The smallest absolute Gasteiger partial charge is 0.225 e. The zero-order valence-corrected chi connectivity index (χ0v) is 9.80. The molecular formula is C11H13ClN2O. The molecule has 0 N–H and O–H groups in total. The first-order chi connectivity index (χ1) is 6.92. The van der Waals surface area contributed by atoms with Gasteiger partial charge in [-0.1, -0.05) is 31.5 Å². The van der Waals surface area contributed by atoms with E-state index in [4.69, 9.17) is 11.6 Å². The van der Waals surface area contributed by atoms with Gasteiger partial charge in [-0.15, -0.1) is 0 Å². The third kappa shape index (κ3) is 1.61. The van der Waals surface area contributed by atoms with Gasteiger partial charge in [0, 0.05) is 24.4 Å². The Labute approximate surface area is 94.1 Å². The number of pyridine rings is 1. The third-order valence-corrected chi connectivity index (χ3v) is 2.97. The molecule has 1 amide bonds. The molecule has 0 saturated carbocycles. The summed E-state index contributed by atoms with van der Waals surface area (Å²) in [4.78, 5) is 17.4. The zero-order valence-electron chi connectivity index (χ0n) is 9.04. The van der Waals surface area contributed by atoms with Gasteiger partial charge in [-0.2, -0.15) is 0 Å². The predicted octanol–water partition coefficient (Wildman–Crippen LogP) is 2.38. The van der Waals surface area contributed by atoms with Crippen molar-refractivity contribution < 1.29 is 4.79 Å². The standard InChI is InChI=1S/C11H13ClN2O/c1-7(15)14-6-11(2,3)8-4-5-9(12)13-10(8)14/h4-5H,6H2,1-3H3. The van der Waals surface area contributed by atoms with Crippen molar-refractivity contribution in [3.63, 3.8) is 0 Å². The average molecular weight is 225 g/mol. The molecule has 1 aliphatic heterocycles. The highest BCUT2D eigenvalue weighted by atomic mass is 35.5. The van der Waals surface area contributed by atoms with Gasteiger partial charge in [-0.25, -0.2) is 4.98 Å². The summed E-state index contributed by atoms with van der Waals surface area (Å²) in [6.07, 6.45) is 0. The maximum atomic E-state index is 11.5. The van der Waals surface area contributed by atoms with E-state index < -0.39 is 0 Å². The molecular weight excluding hydrogens is 212 g/mol. The lowest BCUT2D eigenvalue weighted by Gasteiger charge is -2.18. The van der Waals surface area contributed by atoms with Gasteiger partial charge in [0.05, 0.1) is 0 Å². The number of nitrogens with zero attached hydrogens (tertiary/aromatic N) is 2. The maximum Gasteiger partial charge on any atom is 0.225 e. The summed E-state index contributed by atoms with van der Waals surface area (Å²) in [5.74, 6) is 0.719. The lowest BCUT2D eigenvalue weighted by Crippen LogP contribution is -2.32. The lowest BCUT2D eigenvalue weighted by molar-refractivity contribution is -0.116. The fourth-order valence-electron chi connectivity index (χ4n) is 1.98. The van der Waals surface area contributed by atoms with Gasteiger partial charge in [0.25, 0.3) is 0 Å². The number of rotatable bonds is 0. The molecule has 1 aliphatic rings. The van der Waals surface area contributed by atoms with Crippen LogP contribution in [0.5, 0.6) is 0 Å². The number of hydrogen-bond acceptors (Lipinski definition) is 2. The molecule has 4 heteroatoms. The van der Waals surface area contributed by atoms with Crippen LogP contribution < -0.4 is 4.90 Å². The van der Waals surface area contributed by atoms with E-state index in [1.165, 1.54) is 0 Å². The Hall–Kier alpha value is -1.09. The molecule has 0 bridgehead atoms. The molecule has 0 unspecified atom stereocenters. The monoisotopic (exact) mass is 224 g/mol. The Morgan fingerprint density at radius 1 is 1.53 bits per heavy atom. The number of fused-ring (bicyclic) bond motifs is 1. The lowest BCUT2D eigenvalue weighted by atomic mass is 9.88. The Bertz CT molecular complexity index is 429. The highest BCUT2D eigenvalue weighted by molar-refractivity contribution is 6.29. The van der Waals surface area contributed by atoms with Crippen LogP contribution in [-0.4, -0.2) is 17.4 Å². The van der Waals surface area contributed by atoms with E-state index in [1.54, 1.807) is 17.9 Å². The van der Waals surface area contributed by atoms with Crippen LogP contribution in [-0.2, 0) is 10.2 Å². The van der Waals surface area contributed by atoms with Crippen LogP contribution in [0.2, 0.25) is 5.15 Å². The molecule has 0 aromatic carbocycles. The first kappa shape index (κ1) is 10.4.